The second kappa shape index (κ2) is 10.7. The normalized spacial score (nSPS) is 11.8. The van der Waals surface area contributed by atoms with Crippen molar-refractivity contribution in [1.82, 2.24) is 5.32 Å². The highest BCUT2D eigenvalue weighted by atomic mass is 16.5. The summed E-state index contributed by atoms with van der Waals surface area (Å²) in [5, 5.41) is 7.39. The minimum atomic E-state index is -0.228. The topological polar surface area (TPSA) is 72.7 Å². The summed E-state index contributed by atoms with van der Waals surface area (Å²) in [5.41, 5.74) is 2.66. The van der Waals surface area contributed by atoms with Crippen LogP contribution in [-0.4, -0.2) is 19.1 Å². The number of carbonyl (C=O) groups excluding carboxylic acids is 1. The fourth-order valence-corrected chi connectivity index (χ4v) is 3.50. The Bertz CT molecular complexity index is 1170. The van der Waals surface area contributed by atoms with E-state index >= 15 is 0 Å². The van der Waals surface area contributed by atoms with E-state index < -0.39 is 0 Å². The summed E-state index contributed by atoms with van der Waals surface area (Å²) in [6.07, 6.45) is 0. The van der Waals surface area contributed by atoms with Gasteiger partial charge in [-0.1, -0.05) is 42.5 Å². The third-order valence-electron chi connectivity index (χ3n) is 5.21. The van der Waals surface area contributed by atoms with Crippen LogP contribution in [0.5, 0.6) is 11.5 Å². The van der Waals surface area contributed by atoms with E-state index in [2.05, 4.69) is 23.6 Å². The van der Waals surface area contributed by atoms with E-state index in [1.54, 1.807) is 0 Å². The number of rotatable bonds is 10. The number of fused-ring (bicyclic) bond motifs is 1. The highest BCUT2D eigenvalue weighted by molar-refractivity contribution is 5.91. The standard InChI is InChI=1S/C27H28N2O4/c1-3-31-26-15-20(17-28-19(2)25-16-21-9-7-8-12-23(21)33-25)13-14-24(26)32-18-27(30)29-22-10-5-4-6-11-22/h4-16,19,28H,3,17-18H2,1-2H3,(H,29,30). The van der Waals surface area contributed by atoms with Gasteiger partial charge in [-0.15, -0.1) is 0 Å². The lowest BCUT2D eigenvalue weighted by molar-refractivity contribution is -0.118. The van der Waals surface area contributed by atoms with Crippen LogP contribution in [0.25, 0.3) is 11.0 Å². The van der Waals surface area contributed by atoms with Crippen LogP contribution in [0.4, 0.5) is 5.69 Å². The number of nitrogens with one attached hydrogen (secondary N) is 2. The molecule has 0 aliphatic carbocycles. The number of hydrogen-bond acceptors (Lipinski definition) is 5. The van der Waals surface area contributed by atoms with Gasteiger partial charge in [0, 0.05) is 17.6 Å². The van der Waals surface area contributed by atoms with E-state index in [4.69, 9.17) is 13.9 Å². The zero-order valence-corrected chi connectivity index (χ0v) is 18.8. The van der Waals surface area contributed by atoms with Gasteiger partial charge in [-0.25, -0.2) is 0 Å². The van der Waals surface area contributed by atoms with Crippen molar-refractivity contribution in [2.24, 2.45) is 0 Å². The molecule has 4 aromatic rings. The van der Waals surface area contributed by atoms with Gasteiger partial charge >= 0.3 is 0 Å². The van der Waals surface area contributed by atoms with Crippen LogP contribution < -0.4 is 20.1 Å². The Morgan fingerprint density at radius 1 is 0.939 bits per heavy atom. The highest BCUT2D eigenvalue weighted by Gasteiger charge is 2.13. The zero-order chi connectivity index (χ0) is 23.0. The summed E-state index contributed by atoms with van der Waals surface area (Å²) in [6.45, 7) is 5.02. The van der Waals surface area contributed by atoms with Crippen molar-refractivity contribution in [3.05, 3.63) is 90.2 Å². The van der Waals surface area contributed by atoms with Gasteiger partial charge in [-0.3, -0.25) is 4.79 Å². The maximum atomic E-state index is 12.2. The average molecular weight is 445 g/mol. The molecule has 0 bridgehead atoms. The number of ether oxygens (including phenoxy) is 2. The van der Waals surface area contributed by atoms with Crippen molar-refractivity contribution < 1.29 is 18.7 Å². The number of furan rings is 1. The van der Waals surface area contributed by atoms with Crippen LogP contribution in [-0.2, 0) is 11.3 Å². The number of amides is 1. The first kappa shape index (κ1) is 22.4. The number of para-hydroxylation sites is 2. The molecule has 4 rings (SSSR count). The molecule has 6 nitrogen and oxygen atoms in total. The summed E-state index contributed by atoms with van der Waals surface area (Å²) in [4.78, 5) is 12.2. The molecule has 1 aromatic heterocycles. The lowest BCUT2D eigenvalue weighted by Gasteiger charge is -2.15. The molecular weight excluding hydrogens is 416 g/mol. The number of carbonyl (C=O) groups is 1. The molecule has 1 amide bonds. The maximum absolute atomic E-state index is 12.2. The van der Waals surface area contributed by atoms with Crippen LogP contribution in [0.2, 0.25) is 0 Å². The smallest absolute Gasteiger partial charge is 0.262 e. The van der Waals surface area contributed by atoms with Crippen molar-refractivity contribution in [3.63, 3.8) is 0 Å². The number of hydrogen-bond donors (Lipinski definition) is 2. The van der Waals surface area contributed by atoms with E-state index in [0.29, 0.717) is 24.7 Å². The quantitative estimate of drug-likeness (QED) is 0.328. The Morgan fingerprint density at radius 3 is 2.52 bits per heavy atom. The minimum absolute atomic E-state index is 0.0468. The monoisotopic (exact) mass is 444 g/mol. The maximum Gasteiger partial charge on any atom is 0.262 e. The largest absolute Gasteiger partial charge is 0.490 e. The summed E-state index contributed by atoms with van der Waals surface area (Å²) in [6, 6.07) is 25.1. The first-order valence-electron chi connectivity index (χ1n) is 11.1. The molecule has 170 valence electrons. The molecular formula is C27H28N2O4. The molecule has 1 unspecified atom stereocenters. The lowest BCUT2D eigenvalue weighted by Crippen LogP contribution is -2.20. The van der Waals surface area contributed by atoms with Gasteiger partial charge in [0.15, 0.2) is 18.1 Å². The van der Waals surface area contributed by atoms with E-state index in [9.17, 15) is 4.79 Å². The second-order valence-electron chi connectivity index (χ2n) is 7.71. The minimum Gasteiger partial charge on any atom is -0.490 e. The SMILES string of the molecule is CCOc1cc(CNC(C)c2cc3ccccc3o2)ccc1OCC(=O)Nc1ccccc1. The van der Waals surface area contributed by atoms with Gasteiger partial charge in [-0.2, -0.15) is 0 Å². The number of benzene rings is 3. The van der Waals surface area contributed by atoms with Gasteiger partial charge in [0.2, 0.25) is 0 Å². The second-order valence-corrected chi connectivity index (χ2v) is 7.71. The molecule has 2 N–H and O–H groups in total. The van der Waals surface area contributed by atoms with Crippen LogP contribution in [0.1, 0.15) is 31.2 Å². The van der Waals surface area contributed by atoms with Crippen molar-refractivity contribution in [3.8, 4) is 11.5 Å². The Morgan fingerprint density at radius 2 is 1.73 bits per heavy atom. The molecule has 0 aliphatic heterocycles. The van der Waals surface area contributed by atoms with Crippen LogP contribution in [0.15, 0.2) is 83.3 Å². The Hall–Kier alpha value is -3.77. The predicted molar refractivity (Wildman–Crippen MR) is 130 cm³/mol. The fraction of sp³-hybridized carbons (Fsp3) is 0.222. The third-order valence-corrected chi connectivity index (χ3v) is 5.21. The van der Waals surface area contributed by atoms with Gasteiger partial charge in [0.25, 0.3) is 5.91 Å². The molecule has 1 atom stereocenters. The Balaban J connectivity index is 1.36. The molecule has 0 radical (unpaired) electrons. The van der Waals surface area contributed by atoms with E-state index in [-0.39, 0.29) is 18.6 Å². The highest BCUT2D eigenvalue weighted by Crippen LogP contribution is 2.29. The molecule has 1 heterocycles. The van der Waals surface area contributed by atoms with Gasteiger partial charge < -0.3 is 24.5 Å². The summed E-state index contributed by atoms with van der Waals surface area (Å²) in [7, 11) is 0. The summed E-state index contributed by atoms with van der Waals surface area (Å²) in [5.74, 6) is 1.81. The molecule has 33 heavy (non-hydrogen) atoms. The molecule has 3 aromatic carbocycles. The van der Waals surface area contributed by atoms with Crippen molar-refractivity contribution in [2.75, 3.05) is 18.5 Å². The molecule has 0 aliphatic rings. The summed E-state index contributed by atoms with van der Waals surface area (Å²) < 4.78 is 17.4. The third kappa shape index (κ3) is 5.93. The van der Waals surface area contributed by atoms with Gasteiger partial charge in [0.1, 0.15) is 11.3 Å². The van der Waals surface area contributed by atoms with Crippen LogP contribution in [0, 0.1) is 0 Å². The number of anilines is 1. The molecule has 0 fully saturated rings. The van der Waals surface area contributed by atoms with Crippen LogP contribution in [0.3, 0.4) is 0 Å². The lowest BCUT2D eigenvalue weighted by atomic mass is 10.1. The van der Waals surface area contributed by atoms with Gasteiger partial charge in [-0.05, 0) is 55.8 Å². The van der Waals surface area contributed by atoms with E-state index in [0.717, 1.165) is 28.0 Å². The van der Waals surface area contributed by atoms with E-state index in [1.165, 1.54) is 0 Å². The zero-order valence-electron chi connectivity index (χ0n) is 18.8. The first-order valence-corrected chi connectivity index (χ1v) is 11.1. The van der Waals surface area contributed by atoms with Crippen molar-refractivity contribution in [1.29, 1.82) is 0 Å². The van der Waals surface area contributed by atoms with E-state index in [1.807, 2.05) is 79.7 Å². The van der Waals surface area contributed by atoms with Gasteiger partial charge in [0.05, 0.1) is 12.6 Å². The molecule has 0 saturated heterocycles. The molecule has 6 heteroatoms. The molecule has 0 spiro atoms. The average Bonchev–Trinajstić information content (AvgIpc) is 3.27. The first-order chi connectivity index (χ1) is 16.1. The fourth-order valence-electron chi connectivity index (χ4n) is 3.50. The van der Waals surface area contributed by atoms with Crippen molar-refractivity contribution in [2.45, 2.75) is 26.4 Å². The van der Waals surface area contributed by atoms with Crippen LogP contribution >= 0.6 is 0 Å². The predicted octanol–water partition coefficient (Wildman–Crippen LogP) is 5.70. The Kier molecular flexibility index (Phi) is 7.27. The summed E-state index contributed by atoms with van der Waals surface area (Å²) >= 11 is 0. The molecule has 0 saturated carbocycles. The van der Waals surface area contributed by atoms with Crippen molar-refractivity contribution >= 4 is 22.6 Å². The Labute approximate surface area is 193 Å².